The first-order chi connectivity index (χ1) is 15.6. The standard InChI is InChI=1S/C26H33FN2O3S/c1-18-9-11-21(24(28-18)14-10-20-7-5-4-6-8-20)13-16-26(30)19(2)22-12-15-25(23(27)17-22)29-33(3,31)32/h9-12,14-15,17,19-20,29H,4-8,13,16H2,1-3H3/b14-10+. The van der Waals surface area contributed by atoms with Crippen LogP contribution in [0.4, 0.5) is 10.1 Å². The predicted molar refractivity (Wildman–Crippen MR) is 131 cm³/mol. The Balaban J connectivity index is 1.66. The molecule has 1 fully saturated rings. The molecule has 0 spiro atoms. The average molecular weight is 473 g/mol. The summed E-state index contributed by atoms with van der Waals surface area (Å²) in [5, 5.41) is 0. The van der Waals surface area contributed by atoms with Crippen LogP contribution in [0.1, 0.15) is 73.9 Å². The van der Waals surface area contributed by atoms with E-state index in [0.29, 0.717) is 24.3 Å². The summed E-state index contributed by atoms with van der Waals surface area (Å²) < 4.78 is 39.2. The lowest BCUT2D eigenvalue weighted by Crippen LogP contribution is -2.13. The summed E-state index contributed by atoms with van der Waals surface area (Å²) in [5.41, 5.74) is 3.30. The number of aromatic nitrogens is 1. The van der Waals surface area contributed by atoms with Gasteiger partial charge in [0.05, 0.1) is 17.6 Å². The first kappa shape index (κ1) is 25.1. The first-order valence-electron chi connectivity index (χ1n) is 11.6. The number of Topliss-reactive ketones (excluding diaryl/α,β-unsaturated/α-hetero) is 1. The van der Waals surface area contributed by atoms with Crippen LogP contribution < -0.4 is 4.72 Å². The van der Waals surface area contributed by atoms with Crippen LogP contribution in [-0.4, -0.2) is 25.4 Å². The number of allylic oxidation sites excluding steroid dienone is 1. The number of nitrogens with zero attached hydrogens (tertiary/aromatic N) is 1. The third-order valence-electron chi connectivity index (χ3n) is 6.24. The van der Waals surface area contributed by atoms with Gasteiger partial charge in [0.25, 0.3) is 0 Å². The molecule has 0 aliphatic heterocycles. The number of nitrogens with one attached hydrogen (secondary N) is 1. The Hall–Kier alpha value is -2.54. The molecule has 1 N–H and O–H groups in total. The molecule has 0 amide bonds. The van der Waals surface area contributed by atoms with Gasteiger partial charge in [-0.15, -0.1) is 0 Å². The number of halogens is 1. The lowest BCUT2D eigenvalue weighted by atomic mass is 9.88. The van der Waals surface area contributed by atoms with Crippen molar-refractivity contribution in [2.24, 2.45) is 5.92 Å². The smallest absolute Gasteiger partial charge is 0.229 e. The molecule has 2 aromatic rings. The summed E-state index contributed by atoms with van der Waals surface area (Å²) in [6.07, 6.45) is 12.6. The zero-order chi connectivity index (χ0) is 24.0. The van der Waals surface area contributed by atoms with Crippen LogP contribution in [0.3, 0.4) is 0 Å². The van der Waals surface area contributed by atoms with E-state index in [9.17, 15) is 17.6 Å². The van der Waals surface area contributed by atoms with Crippen molar-refractivity contribution >= 4 is 27.6 Å². The summed E-state index contributed by atoms with van der Waals surface area (Å²) in [6, 6.07) is 8.16. The molecule has 3 rings (SSSR count). The second kappa shape index (κ2) is 11.1. The Morgan fingerprint density at radius 1 is 1.21 bits per heavy atom. The zero-order valence-corrected chi connectivity index (χ0v) is 20.4. The Kier molecular flexibility index (Phi) is 8.40. The van der Waals surface area contributed by atoms with E-state index in [-0.39, 0.29) is 11.5 Å². The highest BCUT2D eigenvalue weighted by Crippen LogP contribution is 2.27. The molecule has 1 aliphatic rings. The van der Waals surface area contributed by atoms with Crippen molar-refractivity contribution in [3.8, 4) is 0 Å². The van der Waals surface area contributed by atoms with Crippen molar-refractivity contribution in [2.75, 3.05) is 11.0 Å². The van der Waals surface area contributed by atoms with Crippen LogP contribution >= 0.6 is 0 Å². The second-order valence-corrected chi connectivity index (χ2v) is 10.8. The van der Waals surface area contributed by atoms with Gasteiger partial charge in [-0.1, -0.05) is 44.4 Å². The van der Waals surface area contributed by atoms with Gasteiger partial charge in [-0.05, 0) is 67.5 Å². The first-order valence-corrected chi connectivity index (χ1v) is 13.5. The Labute approximate surface area is 196 Å². The third kappa shape index (κ3) is 7.49. The van der Waals surface area contributed by atoms with Gasteiger partial charge in [-0.3, -0.25) is 14.5 Å². The van der Waals surface area contributed by atoms with Gasteiger partial charge in [0.2, 0.25) is 10.0 Å². The summed E-state index contributed by atoms with van der Waals surface area (Å²) in [6.45, 7) is 3.71. The SMILES string of the molecule is Cc1ccc(CCC(=O)C(C)c2ccc(NS(C)(=O)=O)c(F)c2)c(/C=C/C2CCCCC2)n1. The minimum Gasteiger partial charge on any atom is -0.299 e. The van der Waals surface area contributed by atoms with Crippen LogP contribution in [0.25, 0.3) is 6.08 Å². The fraction of sp³-hybridized carbons (Fsp3) is 0.462. The number of hydrogen-bond acceptors (Lipinski definition) is 4. The molecule has 7 heteroatoms. The molecule has 1 atom stereocenters. The lowest BCUT2D eigenvalue weighted by Gasteiger charge is -2.18. The van der Waals surface area contributed by atoms with Crippen LogP contribution in [0.2, 0.25) is 0 Å². The van der Waals surface area contributed by atoms with E-state index in [2.05, 4.69) is 21.9 Å². The van der Waals surface area contributed by atoms with Crippen molar-refractivity contribution in [1.82, 2.24) is 4.98 Å². The Morgan fingerprint density at radius 3 is 2.61 bits per heavy atom. The van der Waals surface area contributed by atoms with E-state index in [1.165, 1.54) is 44.2 Å². The second-order valence-electron chi connectivity index (χ2n) is 9.06. The third-order valence-corrected chi connectivity index (χ3v) is 6.83. The van der Waals surface area contributed by atoms with Crippen molar-refractivity contribution in [3.05, 3.63) is 64.7 Å². The Bertz CT molecular complexity index is 1120. The molecule has 0 bridgehead atoms. The fourth-order valence-electron chi connectivity index (χ4n) is 4.26. The number of carbonyl (C=O) groups is 1. The van der Waals surface area contributed by atoms with Crippen molar-refractivity contribution in [3.63, 3.8) is 0 Å². The highest BCUT2D eigenvalue weighted by Gasteiger charge is 2.18. The van der Waals surface area contributed by atoms with E-state index < -0.39 is 21.8 Å². The van der Waals surface area contributed by atoms with Crippen LogP contribution in [-0.2, 0) is 21.2 Å². The topological polar surface area (TPSA) is 76.1 Å². The number of anilines is 1. The van der Waals surface area contributed by atoms with Gasteiger partial charge in [-0.2, -0.15) is 0 Å². The van der Waals surface area contributed by atoms with Gasteiger partial charge in [0, 0.05) is 18.0 Å². The summed E-state index contributed by atoms with van der Waals surface area (Å²) in [4.78, 5) is 17.5. The maximum atomic E-state index is 14.3. The van der Waals surface area contributed by atoms with Crippen LogP contribution in [0.5, 0.6) is 0 Å². The minimum atomic E-state index is -3.58. The lowest BCUT2D eigenvalue weighted by molar-refractivity contribution is -0.120. The highest BCUT2D eigenvalue weighted by molar-refractivity contribution is 7.92. The molecular formula is C26H33FN2O3S. The van der Waals surface area contributed by atoms with E-state index in [0.717, 1.165) is 23.2 Å². The molecule has 33 heavy (non-hydrogen) atoms. The number of aryl methyl sites for hydroxylation is 2. The Morgan fingerprint density at radius 2 is 1.94 bits per heavy atom. The van der Waals surface area contributed by atoms with E-state index in [1.54, 1.807) is 13.0 Å². The summed E-state index contributed by atoms with van der Waals surface area (Å²) >= 11 is 0. The molecule has 1 aromatic heterocycles. The number of sulfonamides is 1. The van der Waals surface area contributed by atoms with E-state index in [4.69, 9.17) is 0 Å². The molecule has 0 radical (unpaired) electrons. The van der Waals surface area contributed by atoms with Crippen LogP contribution in [0, 0.1) is 18.7 Å². The summed E-state index contributed by atoms with van der Waals surface area (Å²) in [5.74, 6) is -0.589. The van der Waals surface area contributed by atoms with Crippen molar-refractivity contribution in [1.29, 1.82) is 0 Å². The molecule has 5 nitrogen and oxygen atoms in total. The maximum Gasteiger partial charge on any atom is 0.229 e. The number of benzene rings is 1. The van der Waals surface area contributed by atoms with Gasteiger partial charge in [-0.25, -0.2) is 12.8 Å². The molecule has 1 aromatic carbocycles. The molecule has 1 heterocycles. The molecule has 1 saturated carbocycles. The molecule has 1 aliphatic carbocycles. The normalized spacial score (nSPS) is 16.1. The number of ketones is 1. The van der Waals surface area contributed by atoms with Gasteiger partial charge in [0.15, 0.2) is 0 Å². The molecule has 178 valence electrons. The molecule has 1 unspecified atom stereocenters. The quantitative estimate of drug-likeness (QED) is 0.500. The van der Waals surface area contributed by atoms with E-state index >= 15 is 0 Å². The summed E-state index contributed by atoms with van der Waals surface area (Å²) in [7, 11) is -3.58. The molecular weight excluding hydrogens is 439 g/mol. The number of pyridine rings is 1. The zero-order valence-electron chi connectivity index (χ0n) is 19.6. The largest absolute Gasteiger partial charge is 0.299 e. The van der Waals surface area contributed by atoms with Crippen molar-refractivity contribution in [2.45, 2.75) is 64.7 Å². The molecule has 0 saturated heterocycles. The van der Waals surface area contributed by atoms with Crippen LogP contribution in [0.15, 0.2) is 36.4 Å². The predicted octanol–water partition coefficient (Wildman–Crippen LogP) is 5.80. The number of carbonyl (C=O) groups excluding carboxylic acids is 1. The maximum absolute atomic E-state index is 14.3. The number of hydrogen-bond donors (Lipinski definition) is 1. The fourth-order valence-corrected chi connectivity index (χ4v) is 4.82. The van der Waals surface area contributed by atoms with Gasteiger partial charge in [0.1, 0.15) is 11.6 Å². The van der Waals surface area contributed by atoms with Crippen molar-refractivity contribution < 1.29 is 17.6 Å². The average Bonchev–Trinajstić information content (AvgIpc) is 2.77. The van der Waals surface area contributed by atoms with Gasteiger partial charge >= 0.3 is 0 Å². The minimum absolute atomic E-state index is 0.000933. The number of rotatable bonds is 9. The van der Waals surface area contributed by atoms with Gasteiger partial charge < -0.3 is 0 Å². The van der Waals surface area contributed by atoms with E-state index in [1.807, 2.05) is 19.1 Å². The monoisotopic (exact) mass is 472 g/mol. The highest BCUT2D eigenvalue weighted by atomic mass is 32.2.